The van der Waals surface area contributed by atoms with E-state index in [0.717, 1.165) is 53.4 Å². The van der Waals surface area contributed by atoms with E-state index < -0.39 is 0 Å². The minimum atomic E-state index is 0.178. The van der Waals surface area contributed by atoms with Gasteiger partial charge in [0.05, 0.1) is 0 Å². The van der Waals surface area contributed by atoms with Gasteiger partial charge < -0.3 is 0 Å². The number of ketones is 1. The van der Waals surface area contributed by atoms with Gasteiger partial charge in [-0.2, -0.15) is 0 Å². The summed E-state index contributed by atoms with van der Waals surface area (Å²) in [7, 11) is 0. The molecule has 2 nitrogen and oxygen atoms in total. The summed E-state index contributed by atoms with van der Waals surface area (Å²) in [6.45, 7) is 7.93. The Hall–Kier alpha value is -1.44. The molecule has 0 fully saturated rings. The van der Waals surface area contributed by atoms with Crippen molar-refractivity contribution >= 4 is 12.1 Å². The predicted octanol–water partition coefficient (Wildman–Crippen LogP) is 3.15. The van der Waals surface area contributed by atoms with Gasteiger partial charge >= 0.3 is 0 Å². The van der Waals surface area contributed by atoms with Crippen molar-refractivity contribution in [3.8, 4) is 0 Å². The molecule has 0 amide bonds. The van der Waals surface area contributed by atoms with E-state index in [0.29, 0.717) is 12.3 Å². The topological polar surface area (TPSA) is 34.1 Å². The number of fused-ring (bicyclic) bond motifs is 1. The summed E-state index contributed by atoms with van der Waals surface area (Å²) in [5.41, 5.74) is 4.95. The summed E-state index contributed by atoms with van der Waals surface area (Å²) in [5, 5.41) is 0. The van der Waals surface area contributed by atoms with Gasteiger partial charge in [-0.3, -0.25) is 9.59 Å². The Morgan fingerprint density at radius 3 is 2.71 bits per heavy atom. The molecule has 2 rings (SSSR count). The van der Waals surface area contributed by atoms with Crippen molar-refractivity contribution in [2.45, 2.75) is 39.5 Å². The second-order valence-electron chi connectivity index (χ2n) is 5.11. The Balaban J connectivity index is 2.46. The van der Waals surface area contributed by atoms with Crippen LogP contribution in [0.5, 0.6) is 0 Å². The molecule has 0 aromatic rings. The highest BCUT2D eigenvalue weighted by Gasteiger charge is 2.31. The SMILES string of the molecule is C=C(C)[C@H]1CCC(C=O)=C2CC(=O)C(C)=C2C1. The summed E-state index contributed by atoms with van der Waals surface area (Å²) >= 11 is 0. The second-order valence-corrected chi connectivity index (χ2v) is 5.11. The summed E-state index contributed by atoms with van der Waals surface area (Å²) in [5.74, 6) is 0.579. The quantitative estimate of drug-likeness (QED) is 0.539. The number of hydrogen-bond donors (Lipinski definition) is 0. The van der Waals surface area contributed by atoms with Gasteiger partial charge in [0.15, 0.2) is 5.78 Å². The van der Waals surface area contributed by atoms with E-state index >= 15 is 0 Å². The van der Waals surface area contributed by atoms with Gasteiger partial charge in [0.1, 0.15) is 6.29 Å². The van der Waals surface area contributed by atoms with Gasteiger partial charge in [-0.05, 0) is 61.3 Å². The highest BCUT2D eigenvalue weighted by Crippen LogP contribution is 2.41. The number of carbonyl (C=O) groups excluding carboxylic acids is 2. The zero-order valence-corrected chi connectivity index (χ0v) is 10.5. The Kier molecular flexibility index (Phi) is 3.14. The Bertz CT molecular complexity index is 463. The lowest BCUT2D eigenvalue weighted by molar-refractivity contribution is -0.114. The van der Waals surface area contributed by atoms with Crippen LogP contribution in [0.15, 0.2) is 34.4 Å². The van der Waals surface area contributed by atoms with Gasteiger partial charge in [-0.15, -0.1) is 0 Å². The Morgan fingerprint density at radius 1 is 1.41 bits per heavy atom. The summed E-state index contributed by atoms with van der Waals surface area (Å²) in [4.78, 5) is 22.9. The number of rotatable bonds is 2. The smallest absolute Gasteiger partial charge is 0.163 e. The molecule has 0 radical (unpaired) electrons. The maximum atomic E-state index is 11.8. The lowest BCUT2D eigenvalue weighted by Gasteiger charge is -2.15. The van der Waals surface area contributed by atoms with Gasteiger partial charge in [0.25, 0.3) is 0 Å². The van der Waals surface area contributed by atoms with E-state index in [1.165, 1.54) is 0 Å². The molecule has 0 spiro atoms. The minimum Gasteiger partial charge on any atom is -0.298 e. The average molecular weight is 230 g/mol. The molecule has 0 aromatic carbocycles. The molecule has 2 aliphatic carbocycles. The number of carbonyl (C=O) groups is 2. The van der Waals surface area contributed by atoms with Crippen molar-refractivity contribution < 1.29 is 9.59 Å². The average Bonchev–Trinajstić information content (AvgIpc) is 2.50. The summed E-state index contributed by atoms with van der Waals surface area (Å²) in [6.07, 6.45) is 3.98. The monoisotopic (exact) mass is 230 g/mol. The van der Waals surface area contributed by atoms with Crippen LogP contribution in [0.25, 0.3) is 0 Å². The van der Waals surface area contributed by atoms with Crippen LogP contribution >= 0.6 is 0 Å². The van der Waals surface area contributed by atoms with Gasteiger partial charge in [0, 0.05) is 6.42 Å². The van der Waals surface area contributed by atoms with Crippen molar-refractivity contribution in [1.29, 1.82) is 0 Å². The zero-order chi connectivity index (χ0) is 12.6. The highest BCUT2D eigenvalue weighted by atomic mass is 16.1. The van der Waals surface area contributed by atoms with Crippen LogP contribution in [0.2, 0.25) is 0 Å². The van der Waals surface area contributed by atoms with Gasteiger partial charge in [-0.25, -0.2) is 0 Å². The minimum absolute atomic E-state index is 0.178. The molecular weight excluding hydrogens is 212 g/mol. The van der Waals surface area contributed by atoms with Crippen molar-refractivity contribution in [2.24, 2.45) is 5.92 Å². The van der Waals surface area contributed by atoms with Crippen molar-refractivity contribution in [2.75, 3.05) is 0 Å². The first-order valence-corrected chi connectivity index (χ1v) is 6.10. The molecule has 1 atom stereocenters. The zero-order valence-electron chi connectivity index (χ0n) is 10.5. The first-order chi connectivity index (χ1) is 8.04. The molecule has 2 heteroatoms. The lowest BCUT2D eigenvalue weighted by Crippen LogP contribution is -2.02. The van der Waals surface area contributed by atoms with E-state index in [-0.39, 0.29) is 5.78 Å². The first-order valence-electron chi connectivity index (χ1n) is 6.10. The third kappa shape index (κ3) is 2.04. The van der Waals surface area contributed by atoms with E-state index in [1.54, 1.807) is 0 Å². The highest BCUT2D eigenvalue weighted by molar-refractivity contribution is 6.03. The number of aldehydes is 1. The van der Waals surface area contributed by atoms with E-state index in [2.05, 4.69) is 6.58 Å². The molecule has 0 saturated heterocycles. The molecule has 90 valence electrons. The normalized spacial score (nSPS) is 24.8. The molecule has 0 saturated carbocycles. The van der Waals surface area contributed by atoms with Crippen LogP contribution < -0.4 is 0 Å². The summed E-state index contributed by atoms with van der Waals surface area (Å²) in [6, 6.07) is 0. The molecule has 0 heterocycles. The maximum Gasteiger partial charge on any atom is 0.163 e. The lowest BCUT2D eigenvalue weighted by atomic mass is 9.90. The Morgan fingerprint density at radius 2 is 2.12 bits per heavy atom. The fraction of sp³-hybridized carbons (Fsp3) is 0.467. The molecule has 17 heavy (non-hydrogen) atoms. The van der Waals surface area contributed by atoms with Crippen LogP contribution in [0, 0.1) is 5.92 Å². The molecule has 2 aliphatic rings. The molecule has 0 aliphatic heterocycles. The standard InChI is InChI=1S/C15H18O2/c1-9(2)11-4-5-12(8-16)14-7-15(17)10(3)13(14)6-11/h8,11H,1,4-7H2,2-3H3/t11-/m0/s1. The van der Waals surface area contributed by atoms with Crippen LogP contribution in [-0.2, 0) is 9.59 Å². The van der Waals surface area contributed by atoms with E-state index in [4.69, 9.17) is 0 Å². The van der Waals surface area contributed by atoms with Crippen molar-refractivity contribution in [3.05, 3.63) is 34.4 Å². The van der Waals surface area contributed by atoms with Crippen LogP contribution in [0.1, 0.15) is 39.5 Å². The number of allylic oxidation sites excluding steroid dienone is 5. The molecular formula is C15H18O2. The fourth-order valence-electron chi connectivity index (χ4n) is 2.76. The second kappa shape index (κ2) is 4.44. The van der Waals surface area contributed by atoms with Crippen molar-refractivity contribution in [1.82, 2.24) is 0 Å². The third-order valence-corrected chi connectivity index (χ3v) is 4.01. The molecule has 0 bridgehead atoms. The summed E-state index contributed by atoms with van der Waals surface area (Å²) < 4.78 is 0. The first kappa shape index (κ1) is 12.0. The van der Waals surface area contributed by atoms with E-state index in [1.807, 2.05) is 13.8 Å². The fourth-order valence-corrected chi connectivity index (χ4v) is 2.76. The van der Waals surface area contributed by atoms with Crippen LogP contribution in [0.3, 0.4) is 0 Å². The van der Waals surface area contributed by atoms with Crippen LogP contribution in [-0.4, -0.2) is 12.1 Å². The number of hydrogen-bond acceptors (Lipinski definition) is 2. The van der Waals surface area contributed by atoms with Gasteiger partial charge in [-0.1, -0.05) is 12.2 Å². The molecule has 0 aromatic heterocycles. The molecule has 0 unspecified atom stereocenters. The number of Topliss-reactive ketones (excluding diaryl/α,β-unsaturated/α-hetero) is 1. The predicted molar refractivity (Wildman–Crippen MR) is 67.6 cm³/mol. The van der Waals surface area contributed by atoms with E-state index in [9.17, 15) is 9.59 Å². The molecule has 0 N–H and O–H groups in total. The van der Waals surface area contributed by atoms with Crippen molar-refractivity contribution in [3.63, 3.8) is 0 Å². The third-order valence-electron chi connectivity index (χ3n) is 4.01. The van der Waals surface area contributed by atoms with Crippen LogP contribution in [0.4, 0.5) is 0 Å². The largest absolute Gasteiger partial charge is 0.298 e. The van der Waals surface area contributed by atoms with Gasteiger partial charge in [0.2, 0.25) is 0 Å². The maximum absolute atomic E-state index is 11.8. The Labute approximate surface area is 102 Å².